The van der Waals surface area contributed by atoms with Crippen molar-refractivity contribution in [2.75, 3.05) is 5.32 Å². The molecule has 0 spiro atoms. The van der Waals surface area contributed by atoms with E-state index < -0.39 is 0 Å². The Morgan fingerprint density at radius 2 is 1.97 bits per heavy atom. The molecule has 0 aliphatic carbocycles. The van der Waals surface area contributed by atoms with Gasteiger partial charge in [0, 0.05) is 17.9 Å². The van der Waals surface area contributed by atoms with E-state index >= 15 is 0 Å². The second-order valence-corrected chi connectivity index (χ2v) is 9.49. The number of amides is 1. The number of para-hydroxylation sites is 1. The van der Waals surface area contributed by atoms with Crippen LogP contribution in [-0.4, -0.2) is 20.7 Å². The number of fused-ring (bicyclic) bond motifs is 2. The fourth-order valence-electron chi connectivity index (χ4n) is 4.40. The molecule has 5 aromatic rings. The number of carbonyl (C=O) groups is 1. The lowest BCUT2D eigenvalue weighted by Gasteiger charge is -2.23. The van der Waals surface area contributed by atoms with Crippen molar-refractivity contribution in [3.05, 3.63) is 101 Å². The molecule has 1 atom stereocenters. The summed E-state index contributed by atoms with van der Waals surface area (Å²) in [6.45, 7) is 2.57. The minimum absolute atomic E-state index is 0.0357. The predicted octanol–water partition coefficient (Wildman–Crippen LogP) is 5.84. The first-order valence-corrected chi connectivity index (χ1v) is 12.0. The van der Waals surface area contributed by atoms with Gasteiger partial charge in [-0.3, -0.25) is 4.79 Å². The minimum Gasteiger partial charge on any atom is -0.489 e. The molecular weight excluding hydrogens is 444 g/mol. The highest BCUT2D eigenvalue weighted by Gasteiger charge is 2.31. The monoisotopic (exact) mass is 466 g/mol. The zero-order valence-corrected chi connectivity index (χ0v) is 19.4. The van der Waals surface area contributed by atoms with Gasteiger partial charge in [0.1, 0.15) is 18.2 Å². The Bertz CT molecular complexity index is 1490. The van der Waals surface area contributed by atoms with Gasteiger partial charge >= 0.3 is 0 Å². The van der Waals surface area contributed by atoms with Crippen LogP contribution in [0.3, 0.4) is 0 Å². The molecule has 3 aromatic carbocycles. The van der Waals surface area contributed by atoms with Crippen molar-refractivity contribution < 1.29 is 9.53 Å². The van der Waals surface area contributed by atoms with Crippen LogP contribution in [0.25, 0.3) is 15.3 Å². The first-order chi connectivity index (χ1) is 16.6. The Balaban J connectivity index is 1.31. The van der Waals surface area contributed by atoms with E-state index in [0.717, 1.165) is 37.8 Å². The Morgan fingerprint density at radius 1 is 1.09 bits per heavy atom. The lowest BCUT2D eigenvalue weighted by Crippen LogP contribution is -2.24. The number of rotatable bonds is 5. The average Bonchev–Trinajstić information content (AvgIpc) is 3.46. The highest BCUT2D eigenvalue weighted by Crippen LogP contribution is 2.39. The van der Waals surface area contributed by atoms with Crippen molar-refractivity contribution >= 4 is 33.3 Å². The van der Waals surface area contributed by atoms with Crippen molar-refractivity contribution in [3.63, 3.8) is 0 Å². The molecule has 2 aromatic heterocycles. The number of carbonyl (C=O) groups excluding carboxylic acids is 1. The third-order valence-electron chi connectivity index (χ3n) is 6.03. The Labute approximate surface area is 200 Å². The molecule has 1 N–H and O–H groups in total. The smallest absolute Gasteiger partial charge is 0.226 e. The van der Waals surface area contributed by atoms with E-state index in [1.54, 1.807) is 16.0 Å². The van der Waals surface area contributed by atoms with Gasteiger partial charge in [-0.05, 0) is 42.3 Å². The van der Waals surface area contributed by atoms with Crippen molar-refractivity contribution in [1.29, 1.82) is 0 Å². The molecule has 3 heterocycles. The summed E-state index contributed by atoms with van der Waals surface area (Å²) in [7, 11) is 0. The van der Waals surface area contributed by atoms with Gasteiger partial charge in [-0.15, -0.1) is 0 Å². The Hall–Kier alpha value is -3.97. The first-order valence-electron chi connectivity index (χ1n) is 11.2. The minimum atomic E-state index is -0.102. The van der Waals surface area contributed by atoms with Crippen molar-refractivity contribution in [2.45, 2.75) is 25.9 Å². The van der Waals surface area contributed by atoms with E-state index in [4.69, 9.17) is 9.72 Å². The summed E-state index contributed by atoms with van der Waals surface area (Å²) in [6, 6.07) is 24.3. The van der Waals surface area contributed by atoms with Crippen LogP contribution >= 0.6 is 11.3 Å². The van der Waals surface area contributed by atoms with E-state index in [1.165, 1.54) is 5.56 Å². The molecule has 0 saturated heterocycles. The van der Waals surface area contributed by atoms with E-state index in [-0.39, 0.29) is 11.8 Å². The number of ether oxygens (including phenoxy) is 1. The van der Waals surface area contributed by atoms with E-state index in [2.05, 4.69) is 35.5 Å². The summed E-state index contributed by atoms with van der Waals surface area (Å²) >= 11 is 1.55. The average molecular weight is 467 g/mol. The van der Waals surface area contributed by atoms with E-state index in [0.29, 0.717) is 18.8 Å². The Morgan fingerprint density at radius 3 is 2.85 bits per heavy atom. The number of aryl methyl sites for hydroxylation is 1. The summed E-state index contributed by atoms with van der Waals surface area (Å²) in [5.41, 5.74) is 5.27. The van der Waals surface area contributed by atoms with Gasteiger partial charge in [0.25, 0.3) is 0 Å². The highest BCUT2D eigenvalue weighted by molar-refractivity contribution is 7.20. The standard InChI is InChI=1S/C27H22N4O2S/c1-17-6-4-7-18(12-17)16-33-20-9-5-8-19(13-20)21-14-25(32)30-26-22(21)15-28-31(26)27-29-23-10-2-3-11-24(23)34-27/h2-13,15,21H,14,16H2,1H3,(H,30,32)/t21-/m1/s1. The second kappa shape index (κ2) is 8.43. The third kappa shape index (κ3) is 3.84. The van der Waals surface area contributed by atoms with Crippen LogP contribution in [0.1, 0.15) is 34.6 Å². The summed E-state index contributed by atoms with van der Waals surface area (Å²) in [4.78, 5) is 17.4. The third-order valence-corrected chi connectivity index (χ3v) is 7.04. The molecule has 6 rings (SSSR count). The van der Waals surface area contributed by atoms with Crippen LogP contribution < -0.4 is 10.1 Å². The number of aromatic nitrogens is 3. The van der Waals surface area contributed by atoms with Crippen LogP contribution in [0.15, 0.2) is 79.0 Å². The molecule has 0 fully saturated rings. The molecule has 0 saturated carbocycles. The number of nitrogens with zero attached hydrogens (tertiary/aromatic N) is 3. The van der Waals surface area contributed by atoms with Crippen LogP contribution in [0.2, 0.25) is 0 Å². The van der Waals surface area contributed by atoms with Crippen LogP contribution in [0.4, 0.5) is 5.82 Å². The van der Waals surface area contributed by atoms with Gasteiger partial charge in [-0.25, -0.2) is 4.98 Å². The summed E-state index contributed by atoms with van der Waals surface area (Å²) in [5, 5.41) is 8.35. The summed E-state index contributed by atoms with van der Waals surface area (Å²) in [6.07, 6.45) is 2.20. The van der Waals surface area contributed by atoms with Gasteiger partial charge in [-0.1, -0.05) is 65.4 Å². The fourth-order valence-corrected chi connectivity index (χ4v) is 5.33. The molecule has 1 aliphatic rings. The molecule has 168 valence electrons. The maximum Gasteiger partial charge on any atom is 0.226 e. The van der Waals surface area contributed by atoms with Gasteiger partial charge in [0.2, 0.25) is 11.0 Å². The van der Waals surface area contributed by atoms with Crippen molar-refractivity contribution in [1.82, 2.24) is 14.8 Å². The van der Waals surface area contributed by atoms with Gasteiger partial charge in [0.05, 0.1) is 16.4 Å². The zero-order chi connectivity index (χ0) is 23.1. The molecule has 7 heteroatoms. The summed E-state index contributed by atoms with van der Waals surface area (Å²) in [5.74, 6) is 1.33. The molecule has 1 amide bonds. The van der Waals surface area contributed by atoms with Crippen LogP contribution in [0.5, 0.6) is 5.75 Å². The normalized spacial score (nSPS) is 15.2. The fraction of sp³-hybridized carbons (Fsp3) is 0.148. The molecular formula is C27H22N4O2S. The number of nitrogens with one attached hydrogen (secondary N) is 1. The molecule has 34 heavy (non-hydrogen) atoms. The molecule has 0 unspecified atom stereocenters. The number of hydrogen-bond donors (Lipinski definition) is 1. The quantitative estimate of drug-likeness (QED) is 0.353. The number of thiazole rings is 1. The van der Waals surface area contributed by atoms with Crippen LogP contribution in [-0.2, 0) is 11.4 Å². The van der Waals surface area contributed by atoms with E-state index in [9.17, 15) is 4.79 Å². The van der Waals surface area contributed by atoms with Gasteiger partial charge in [-0.2, -0.15) is 9.78 Å². The summed E-state index contributed by atoms with van der Waals surface area (Å²) < 4.78 is 8.89. The predicted molar refractivity (Wildman–Crippen MR) is 134 cm³/mol. The lowest BCUT2D eigenvalue weighted by atomic mass is 9.87. The second-order valence-electron chi connectivity index (χ2n) is 8.48. The molecule has 0 radical (unpaired) electrons. The maximum atomic E-state index is 12.7. The topological polar surface area (TPSA) is 69.0 Å². The van der Waals surface area contributed by atoms with Crippen LogP contribution in [0, 0.1) is 6.92 Å². The molecule has 0 bridgehead atoms. The molecule has 1 aliphatic heterocycles. The maximum absolute atomic E-state index is 12.7. The largest absolute Gasteiger partial charge is 0.489 e. The number of hydrogen-bond acceptors (Lipinski definition) is 5. The molecule has 6 nitrogen and oxygen atoms in total. The van der Waals surface area contributed by atoms with Crippen molar-refractivity contribution in [2.24, 2.45) is 0 Å². The SMILES string of the molecule is Cc1cccc(COc2cccc([C@H]3CC(=O)Nc4c3cnn4-c3nc4ccccc4s3)c2)c1. The highest BCUT2D eigenvalue weighted by atomic mass is 32.1. The van der Waals surface area contributed by atoms with E-state index in [1.807, 2.05) is 60.8 Å². The lowest BCUT2D eigenvalue weighted by molar-refractivity contribution is -0.116. The van der Waals surface area contributed by atoms with Gasteiger partial charge < -0.3 is 10.1 Å². The first kappa shape index (κ1) is 20.6. The van der Waals surface area contributed by atoms with Gasteiger partial charge in [0.15, 0.2) is 0 Å². The zero-order valence-electron chi connectivity index (χ0n) is 18.6. The number of benzene rings is 3. The van der Waals surface area contributed by atoms with Crippen molar-refractivity contribution in [3.8, 4) is 10.9 Å². The number of anilines is 1. The Kier molecular flexibility index (Phi) is 5.11.